The highest BCUT2D eigenvalue weighted by molar-refractivity contribution is 6.30. The molecule has 0 N–H and O–H groups in total. The number of ether oxygens (including phenoxy) is 1. The number of nitrogens with zero attached hydrogens (tertiary/aromatic N) is 4. The predicted molar refractivity (Wildman–Crippen MR) is 99.5 cm³/mol. The van der Waals surface area contributed by atoms with Crippen LogP contribution in [0.5, 0.6) is 5.75 Å². The van der Waals surface area contributed by atoms with Gasteiger partial charge in [0.25, 0.3) is 5.91 Å². The van der Waals surface area contributed by atoms with Gasteiger partial charge in [0.1, 0.15) is 18.4 Å². The molecule has 3 rings (SSSR count). The highest BCUT2D eigenvalue weighted by Gasteiger charge is 2.18. The first kappa shape index (κ1) is 17.9. The van der Waals surface area contributed by atoms with Crippen molar-refractivity contribution in [3.05, 3.63) is 71.8 Å². The van der Waals surface area contributed by atoms with E-state index in [1.165, 1.54) is 6.33 Å². The Balaban J connectivity index is 1.60. The van der Waals surface area contributed by atoms with Gasteiger partial charge in [-0.1, -0.05) is 23.7 Å². The third-order valence-electron chi connectivity index (χ3n) is 4.21. The van der Waals surface area contributed by atoms with Gasteiger partial charge in [0, 0.05) is 12.1 Å². The summed E-state index contributed by atoms with van der Waals surface area (Å²) in [5.74, 6) is 0.508. The van der Waals surface area contributed by atoms with Gasteiger partial charge >= 0.3 is 0 Å². The summed E-state index contributed by atoms with van der Waals surface area (Å²) in [5.41, 5.74) is 1.94. The quantitative estimate of drug-likeness (QED) is 0.666. The second-order valence-corrected chi connectivity index (χ2v) is 6.29. The van der Waals surface area contributed by atoms with E-state index >= 15 is 0 Å². The Bertz CT molecular complexity index is 848. The van der Waals surface area contributed by atoms with E-state index in [9.17, 15) is 4.79 Å². The topological polar surface area (TPSA) is 60.2 Å². The van der Waals surface area contributed by atoms with Crippen molar-refractivity contribution in [2.24, 2.45) is 0 Å². The number of hydrogen-bond donors (Lipinski definition) is 0. The smallest absolute Gasteiger partial charge is 0.260 e. The van der Waals surface area contributed by atoms with Gasteiger partial charge in [0.2, 0.25) is 0 Å². The average Bonchev–Trinajstić information content (AvgIpc) is 3.21. The van der Waals surface area contributed by atoms with Gasteiger partial charge in [0.05, 0.1) is 11.7 Å². The van der Waals surface area contributed by atoms with Crippen LogP contribution in [0.1, 0.15) is 18.5 Å². The molecule has 1 atom stereocenters. The number of hydrogen-bond acceptors (Lipinski definition) is 4. The molecule has 1 heterocycles. The second-order valence-electron chi connectivity index (χ2n) is 5.85. The SMILES string of the molecule is C[C@H](c1ccc(-n2cncn2)cc1)N(C)C(=O)COc1ccc(Cl)cc1. The molecule has 7 heteroatoms. The molecule has 134 valence electrons. The summed E-state index contributed by atoms with van der Waals surface area (Å²) in [5, 5.41) is 4.73. The summed E-state index contributed by atoms with van der Waals surface area (Å²) in [6.45, 7) is 1.95. The molecular formula is C19H19ClN4O2. The molecule has 0 bridgehead atoms. The normalized spacial score (nSPS) is 11.8. The average molecular weight is 371 g/mol. The van der Waals surface area contributed by atoms with Crippen LogP contribution in [-0.2, 0) is 4.79 Å². The Labute approximate surface area is 157 Å². The fourth-order valence-corrected chi connectivity index (χ4v) is 2.59. The molecule has 1 amide bonds. The van der Waals surface area contributed by atoms with Gasteiger partial charge in [-0.2, -0.15) is 5.10 Å². The zero-order valence-electron chi connectivity index (χ0n) is 14.5. The molecule has 0 radical (unpaired) electrons. The predicted octanol–water partition coefficient (Wildman–Crippen LogP) is 3.52. The third-order valence-corrected chi connectivity index (χ3v) is 4.46. The van der Waals surface area contributed by atoms with Crippen molar-refractivity contribution >= 4 is 17.5 Å². The number of carbonyl (C=O) groups is 1. The minimum absolute atomic E-state index is 0.0283. The van der Waals surface area contributed by atoms with Crippen molar-refractivity contribution in [2.75, 3.05) is 13.7 Å². The summed E-state index contributed by atoms with van der Waals surface area (Å²) in [6, 6.07) is 14.7. The number of likely N-dealkylation sites (N-methyl/N-ethyl adjacent to an activating group) is 1. The standard InChI is InChI=1S/C19H19ClN4O2/c1-14(15-3-7-17(8-4-15)24-13-21-12-22-24)23(2)19(25)11-26-18-9-5-16(20)6-10-18/h3-10,12-14H,11H2,1-2H3/t14-/m1/s1. The molecule has 0 saturated heterocycles. The molecule has 0 fully saturated rings. The molecule has 0 aliphatic heterocycles. The number of amides is 1. The molecule has 0 unspecified atom stereocenters. The number of rotatable bonds is 6. The Morgan fingerprint density at radius 1 is 1.19 bits per heavy atom. The van der Waals surface area contributed by atoms with Crippen LogP contribution in [0.2, 0.25) is 5.02 Å². The molecular weight excluding hydrogens is 352 g/mol. The van der Waals surface area contributed by atoms with Crippen LogP contribution < -0.4 is 4.74 Å². The van der Waals surface area contributed by atoms with E-state index in [1.807, 2.05) is 31.2 Å². The van der Waals surface area contributed by atoms with E-state index in [2.05, 4.69) is 10.1 Å². The minimum atomic E-state index is -0.104. The lowest BCUT2D eigenvalue weighted by Gasteiger charge is -2.25. The fraction of sp³-hybridized carbons (Fsp3) is 0.211. The highest BCUT2D eigenvalue weighted by atomic mass is 35.5. The summed E-state index contributed by atoms with van der Waals surface area (Å²) in [6.07, 6.45) is 3.13. The summed E-state index contributed by atoms with van der Waals surface area (Å²) in [4.78, 5) is 18.0. The van der Waals surface area contributed by atoms with Gasteiger partial charge in [-0.05, 0) is 48.9 Å². The first-order valence-electron chi connectivity index (χ1n) is 8.13. The van der Waals surface area contributed by atoms with Crippen molar-refractivity contribution in [3.8, 4) is 11.4 Å². The maximum atomic E-state index is 12.4. The molecule has 0 aliphatic rings. The first-order valence-corrected chi connectivity index (χ1v) is 8.51. The van der Waals surface area contributed by atoms with Crippen molar-refractivity contribution in [2.45, 2.75) is 13.0 Å². The molecule has 0 saturated carbocycles. The van der Waals surface area contributed by atoms with E-state index in [-0.39, 0.29) is 18.6 Å². The van der Waals surface area contributed by atoms with Gasteiger partial charge in [0.15, 0.2) is 6.61 Å². The van der Waals surface area contributed by atoms with Crippen molar-refractivity contribution < 1.29 is 9.53 Å². The van der Waals surface area contributed by atoms with Gasteiger partial charge < -0.3 is 9.64 Å². The van der Waals surface area contributed by atoms with Gasteiger partial charge in [-0.15, -0.1) is 0 Å². The van der Waals surface area contributed by atoms with Crippen molar-refractivity contribution in [1.82, 2.24) is 19.7 Å². The van der Waals surface area contributed by atoms with Crippen molar-refractivity contribution in [3.63, 3.8) is 0 Å². The third kappa shape index (κ3) is 4.21. The minimum Gasteiger partial charge on any atom is -0.484 e. The maximum absolute atomic E-state index is 12.4. The van der Waals surface area contributed by atoms with Crippen LogP contribution in [0.25, 0.3) is 5.69 Å². The van der Waals surface area contributed by atoms with Gasteiger partial charge in [-0.3, -0.25) is 4.79 Å². The molecule has 0 aliphatic carbocycles. The van der Waals surface area contributed by atoms with E-state index in [0.29, 0.717) is 10.8 Å². The first-order chi connectivity index (χ1) is 12.5. The second kappa shape index (κ2) is 8.01. The monoisotopic (exact) mass is 370 g/mol. The molecule has 1 aromatic heterocycles. The van der Waals surface area contributed by atoms with Crippen LogP contribution in [-0.4, -0.2) is 39.2 Å². The Morgan fingerprint density at radius 2 is 1.88 bits per heavy atom. The number of aromatic nitrogens is 3. The van der Waals surface area contributed by atoms with Crippen molar-refractivity contribution in [1.29, 1.82) is 0 Å². The molecule has 0 spiro atoms. The van der Waals surface area contributed by atoms with Crippen LogP contribution in [0.15, 0.2) is 61.2 Å². The lowest BCUT2D eigenvalue weighted by atomic mass is 10.1. The molecule has 6 nitrogen and oxygen atoms in total. The molecule has 26 heavy (non-hydrogen) atoms. The largest absolute Gasteiger partial charge is 0.484 e. The Hall–Kier alpha value is -2.86. The molecule has 2 aromatic carbocycles. The van der Waals surface area contributed by atoms with E-state index in [1.54, 1.807) is 47.2 Å². The van der Waals surface area contributed by atoms with E-state index < -0.39 is 0 Å². The summed E-state index contributed by atoms with van der Waals surface area (Å²) >= 11 is 5.84. The summed E-state index contributed by atoms with van der Waals surface area (Å²) < 4.78 is 7.21. The van der Waals surface area contributed by atoms with E-state index in [0.717, 1.165) is 11.3 Å². The Kier molecular flexibility index (Phi) is 5.53. The summed E-state index contributed by atoms with van der Waals surface area (Å²) in [7, 11) is 1.77. The lowest BCUT2D eigenvalue weighted by Crippen LogP contribution is -2.33. The Morgan fingerprint density at radius 3 is 2.50 bits per heavy atom. The number of carbonyl (C=O) groups excluding carboxylic acids is 1. The number of halogens is 1. The lowest BCUT2D eigenvalue weighted by molar-refractivity contribution is -0.134. The van der Waals surface area contributed by atoms with Crippen LogP contribution in [0.3, 0.4) is 0 Å². The van der Waals surface area contributed by atoms with Crippen LogP contribution >= 0.6 is 11.6 Å². The zero-order valence-corrected chi connectivity index (χ0v) is 15.3. The zero-order chi connectivity index (χ0) is 18.5. The van der Waals surface area contributed by atoms with E-state index in [4.69, 9.17) is 16.3 Å². The highest BCUT2D eigenvalue weighted by Crippen LogP contribution is 2.21. The number of benzene rings is 2. The van der Waals surface area contributed by atoms with Crippen LogP contribution in [0, 0.1) is 0 Å². The van der Waals surface area contributed by atoms with Crippen LogP contribution in [0.4, 0.5) is 0 Å². The fourth-order valence-electron chi connectivity index (χ4n) is 2.46. The maximum Gasteiger partial charge on any atom is 0.260 e. The molecule has 3 aromatic rings. The van der Waals surface area contributed by atoms with Gasteiger partial charge in [-0.25, -0.2) is 9.67 Å².